The molecule has 0 fully saturated rings. The van der Waals surface area contributed by atoms with Gasteiger partial charge in [0, 0.05) is 5.25 Å². The van der Waals surface area contributed by atoms with Crippen molar-refractivity contribution in [2.24, 2.45) is 17.8 Å². The van der Waals surface area contributed by atoms with E-state index in [-0.39, 0.29) is 0 Å². The van der Waals surface area contributed by atoms with Crippen molar-refractivity contribution in [3.05, 3.63) is 11.0 Å². The molecule has 3 atom stereocenters. The zero-order chi connectivity index (χ0) is 12.1. The summed E-state index contributed by atoms with van der Waals surface area (Å²) in [6.07, 6.45) is 7.89. The summed E-state index contributed by atoms with van der Waals surface area (Å²) in [6.45, 7) is 11.7. The van der Waals surface area contributed by atoms with Crippen LogP contribution < -0.4 is 0 Å². The minimum absolute atomic E-state index is 0.851. The summed E-state index contributed by atoms with van der Waals surface area (Å²) in [5.74, 6) is 2.67. The molecule has 0 spiro atoms. The third kappa shape index (κ3) is 4.53. The van der Waals surface area contributed by atoms with E-state index in [1.54, 1.807) is 4.91 Å². The fourth-order valence-corrected chi connectivity index (χ4v) is 4.26. The molecule has 16 heavy (non-hydrogen) atoms. The van der Waals surface area contributed by atoms with Crippen molar-refractivity contribution in [3.8, 4) is 0 Å². The molecule has 1 heterocycles. The van der Waals surface area contributed by atoms with Gasteiger partial charge >= 0.3 is 0 Å². The zero-order valence-corrected chi connectivity index (χ0v) is 12.4. The Morgan fingerprint density at radius 3 is 2.44 bits per heavy atom. The van der Waals surface area contributed by atoms with Gasteiger partial charge in [0.1, 0.15) is 0 Å². The second kappa shape index (κ2) is 6.74. The minimum Gasteiger partial charge on any atom is -0.127 e. The predicted octanol–water partition coefficient (Wildman–Crippen LogP) is 5.49. The Labute approximate surface area is 106 Å². The van der Waals surface area contributed by atoms with Crippen LogP contribution in [0.25, 0.3) is 0 Å². The Morgan fingerprint density at radius 1 is 1.31 bits per heavy atom. The molecule has 0 saturated carbocycles. The number of hydrogen-bond donors (Lipinski definition) is 0. The van der Waals surface area contributed by atoms with Crippen LogP contribution in [0.3, 0.4) is 0 Å². The quantitative estimate of drug-likeness (QED) is 0.591. The van der Waals surface area contributed by atoms with Crippen LogP contribution in [0.4, 0.5) is 0 Å². The van der Waals surface area contributed by atoms with Crippen molar-refractivity contribution in [3.63, 3.8) is 0 Å². The Balaban J connectivity index is 2.37. The van der Waals surface area contributed by atoms with Crippen LogP contribution in [0, 0.1) is 17.8 Å². The van der Waals surface area contributed by atoms with Crippen LogP contribution in [0.1, 0.15) is 60.3 Å². The molecule has 0 N–H and O–H groups in total. The van der Waals surface area contributed by atoms with Crippen LogP contribution in [-0.4, -0.2) is 5.25 Å². The first-order valence-electron chi connectivity index (χ1n) is 6.86. The van der Waals surface area contributed by atoms with Crippen LogP contribution in [0.15, 0.2) is 11.0 Å². The number of rotatable bonds is 6. The van der Waals surface area contributed by atoms with E-state index in [1.807, 2.05) is 0 Å². The number of thioether (sulfide) groups is 1. The van der Waals surface area contributed by atoms with E-state index in [0.717, 1.165) is 23.0 Å². The van der Waals surface area contributed by atoms with Crippen molar-refractivity contribution >= 4 is 11.8 Å². The average Bonchev–Trinajstić information content (AvgIpc) is 2.60. The average molecular weight is 240 g/mol. The highest BCUT2D eigenvalue weighted by atomic mass is 32.2. The van der Waals surface area contributed by atoms with Crippen molar-refractivity contribution in [2.75, 3.05) is 0 Å². The Kier molecular flexibility index (Phi) is 5.96. The second-order valence-electron chi connectivity index (χ2n) is 5.85. The first-order chi connectivity index (χ1) is 7.52. The lowest BCUT2D eigenvalue weighted by molar-refractivity contribution is 0.329. The van der Waals surface area contributed by atoms with Gasteiger partial charge in [0.05, 0.1) is 0 Å². The maximum absolute atomic E-state index is 2.43. The van der Waals surface area contributed by atoms with Crippen molar-refractivity contribution in [1.82, 2.24) is 0 Å². The lowest BCUT2D eigenvalue weighted by Crippen LogP contribution is -2.18. The molecule has 1 aliphatic heterocycles. The molecule has 1 aliphatic rings. The van der Waals surface area contributed by atoms with Crippen molar-refractivity contribution in [1.29, 1.82) is 0 Å². The maximum atomic E-state index is 2.43. The zero-order valence-electron chi connectivity index (χ0n) is 11.6. The maximum Gasteiger partial charge on any atom is 0.0154 e. The molecule has 0 saturated heterocycles. The van der Waals surface area contributed by atoms with Gasteiger partial charge in [0.15, 0.2) is 0 Å². The molecular formula is C15H28S. The first kappa shape index (κ1) is 14.2. The highest BCUT2D eigenvalue weighted by Crippen LogP contribution is 2.40. The lowest BCUT2D eigenvalue weighted by atomic mass is 9.85. The van der Waals surface area contributed by atoms with Crippen molar-refractivity contribution in [2.45, 2.75) is 65.6 Å². The van der Waals surface area contributed by atoms with E-state index in [9.17, 15) is 0 Å². The lowest BCUT2D eigenvalue weighted by Gasteiger charge is -2.25. The monoisotopic (exact) mass is 240 g/mol. The van der Waals surface area contributed by atoms with Crippen LogP contribution in [-0.2, 0) is 0 Å². The third-order valence-electron chi connectivity index (χ3n) is 3.60. The molecule has 1 rings (SSSR count). The fraction of sp³-hybridized carbons (Fsp3) is 0.867. The normalized spacial score (nSPS) is 24.6. The molecule has 1 heteroatoms. The Morgan fingerprint density at radius 2 is 2.00 bits per heavy atom. The van der Waals surface area contributed by atoms with E-state index >= 15 is 0 Å². The van der Waals surface area contributed by atoms with Crippen LogP contribution in [0.2, 0.25) is 0 Å². The van der Waals surface area contributed by atoms with E-state index in [4.69, 9.17) is 0 Å². The molecule has 0 aromatic carbocycles. The fourth-order valence-electron chi connectivity index (χ4n) is 2.90. The molecule has 0 bridgehead atoms. The summed E-state index contributed by atoms with van der Waals surface area (Å²) < 4.78 is 0. The van der Waals surface area contributed by atoms with Gasteiger partial charge in [-0.25, -0.2) is 0 Å². The summed E-state index contributed by atoms with van der Waals surface area (Å²) in [5, 5.41) is 0.875. The van der Waals surface area contributed by atoms with Crippen molar-refractivity contribution < 1.29 is 0 Å². The van der Waals surface area contributed by atoms with Gasteiger partial charge in [-0.05, 0) is 48.8 Å². The summed E-state index contributed by atoms with van der Waals surface area (Å²) in [4.78, 5) is 1.54. The molecule has 0 aliphatic carbocycles. The highest BCUT2D eigenvalue weighted by Gasteiger charge is 2.25. The van der Waals surface area contributed by atoms with Gasteiger partial charge in [0.25, 0.3) is 0 Å². The summed E-state index contributed by atoms with van der Waals surface area (Å²) in [6, 6.07) is 0. The summed E-state index contributed by atoms with van der Waals surface area (Å²) in [5.41, 5.74) is 0. The largest absolute Gasteiger partial charge is 0.127 e. The smallest absolute Gasteiger partial charge is 0.0154 e. The number of allylic oxidation sites excluding steroid dienone is 2. The van der Waals surface area contributed by atoms with Gasteiger partial charge in [-0.1, -0.05) is 40.2 Å². The molecule has 3 unspecified atom stereocenters. The second-order valence-corrected chi connectivity index (χ2v) is 7.33. The van der Waals surface area contributed by atoms with Gasteiger partial charge in [-0.2, -0.15) is 0 Å². The Hall–Kier alpha value is 0.0900. The van der Waals surface area contributed by atoms with Crippen LogP contribution >= 0.6 is 11.8 Å². The first-order valence-corrected chi connectivity index (χ1v) is 7.74. The molecule has 94 valence electrons. The van der Waals surface area contributed by atoms with E-state index in [1.165, 1.54) is 25.7 Å². The van der Waals surface area contributed by atoms with E-state index < -0.39 is 0 Å². The van der Waals surface area contributed by atoms with Gasteiger partial charge in [0.2, 0.25) is 0 Å². The number of hydrogen-bond acceptors (Lipinski definition) is 1. The van der Waals surface area contributed by atoms with Gasteiger partial charge in [-0.3, -0.25) is 0 Å². The molecule has 0 aromatic rings. The molecule has 0 aromatic heterocycles. The van der Waals surface area contributed by atoms with E-state index in [0.29, 0.717) is 0 Å². The summed E-state index contributed by atoms with van der Waals surface area (Å²) in [7, 11) is 0. The Bertz CT molecular complexity index is 230. The molecule has 0 amide bonds. The highest BCUT2D eigenvalue weighted by molar-refractivity contribution is 8.03. The molecule has 0 nitrogen and oxygen atoms in total. The minimum atomic E-state index is 0.851. The van der Waals surface area contributed by atoms with E-state index in [2.05, 4.69) is 52.5 Å². The predicted molar refractivity (Wildman–Crippen MR) is 76.8 cm³/mol. The third-order valence-corrected chi connectivity index (χ3v) is 5.02. The molecular weight excluding hydrogens is 212 g/mol. The van der Waals surface area contributed by atoms with Crippen LogP contribution in [0.5, 0.6) is 0 Å². The van der Waals surface area contributed by atoms with Gasteiger partial charge in [-0.15, -0.1) is 11.8 Å². The standard InChI is InChI=1S/C15H28S/c1-6-14(10-12(4)9-11(2)3)15-8-7-13(5)16-15/h7,11-12,14-15H,6,8-10H2,1-5H3. The SMILES string of the molecule is CCC(CC(C)CC(C)C)C1CC=C(C)S1. The van der Waals surface area contributed by atoms with Gasteiger partial charge < -0.3 is 0 Å². The topological polar surface area (TPSA) is 0 Å². The summed E-state index contributed by atoms with van der Waals surface area (Å²) >= 11 is 2.12. The molecule has 0 radical (unpaired) electrons.